The van der Waals surface area contributed by atoms with Gasteiger partial charge >= 0.3 is 0 Å². The molecule has 30 heavy (non-hydrogen) atoms. The van der Waals surface area contributed by atoms with Crippen LogP contribution in [0.5, 0.6) is 0 Å². The van der Waals surface area contributed by atoms with Crippen LogP contribution < -0.4 is 10.6 Å². The lowest BCUT2D eigenvalue weighted by Crippen LogP contribution is -2.72. The molecular formula is C21H21F4N3O2. The number of likely N-dealkylation sites (tertiary alicyclic amines) is 1. The summed E-state index contributed by atoms with van der Waals surface area (Å²) in [6.07, 6.45) is 2.80. The highest BCUT2D eigenvalue weighted by atomic mass is 19.2. The van der Waals surface area contributed by atoms with Crippen LogP contribution in [0.1, 0.15) is 29.6 Å². The summed E-state index contributed by atoms with van der Waals surface area (Å²) in [5.74, 6) is -5.04. The van der Waals surface area contributed by atoms with Gasteiger partial charge in [-0.05, 0) is 43.7 Å². The molecular weight excluding hydrogens is 402 g/mol. The number of carbonyl (C=O) groups is 1. The van der Waals surface area contributed by atoms with E-state index in [0.717, 1.165) is 50.1 Å². The number of piperidine rings is 1. The van der Waals surface area contributed by atoms with Crippen molar-refractivity contribution in [3.63, 3.8) is 0 Å². The third-order valence-electron chi connectivity index (χ3n) is 5.69. The molecule has 0 spiro atoms. The average Bonchev–Trinajstić information content (AvgIpc) is 2.71. The number of carbonyl (C=O) groups excluding carboxylic acids is 1. The number of nitrogens with zero attached hydrogens (tertiary/aromatic N) is 1. The molecule has 0 bridgehead atoms. The number of anilines is 2. The van der Waals surface area contributed by atoms with Crippen molar-refractivity contribution in [3.05, 3.63) is 59.2 Å². The van der Waals surface area contributed by atoms with Crippen LogP contribution in [0.25, 0.3) is 0 Å². The minimum absolute atomic E-state index is 0.0485. The predicted octanol–water partition coefficient (Wildman–Crippen LogP) is 3.32. The van der Waals surface area contributed by atoms with Crippen molar-refractivity contribution in [2.45, 2.75) is 30.9 Å². The number of nitrogens with one attached hydrogen (secondary N) is 2. The van der Waals surface area contributed by atoms with E-state index in [2.05, 4.69) is 10.6 Å². The van der Waals surface area contributed by atoms with Gasteiger partial charge in [-0.15, -0.1) is 0 Å². The summed E-state index contributed by atoms with van der Waals surface area (Å²) in [7, 11) is 0. The first kappa shape index (κ1) is 20.6. The van der Waals surface area contributed by atoms with E-state index in [1.54, 1.807) is 0 Å². The van der Waals surface area contributed by atoms with Gasteiger partial charge in [0.25, 0.3) is 5.91 Å². The number of amides is 1. The Morgan fingerprint density at radius 1 is 1.10 bits per heavy atom. The summed E-state index contributed by atoms with van der Waals surface area (Å²) < 4.78 is 55.4. The van der Waals surface area contributed by atoms with E-state index < -0.39 is 40.5 Å². The molecule has 2 aliphatic heterocycles. The summed E-state index contributed by atoms with van der Waals surface area (Å²) in [5.41, 5.74) is -2.14. The lowest BCUT2D eigenvalue weighted by molar-refractivity contribution is -0.108. The second-order valence-corrected chi connectivity index (χ2v) is 7.80. The molecule has 160 valence electrons. The van der Waals surface area contributed by atoms with Gasteiger partial charge in [-0.2, -0.15) is 0 Å². The lowest BCUT2D eigenvalue weighted by Gasteiger charge is -2.51. The summed E-state index contributed by atoms with van der Waals surface area (Å²) in [4.78, 5) is 14.3. The first-order chi connectivity index (χ1) is 14.3. The molecule has 0 unspecified atom stereocenters. The van der Waals surface area contributed by atoms with E-state index >= 15 is 0 Å². The molecule has 2 heterocycles. The van der Waals surface area contributed by atoms with Crippen molar-refractivity contribution < 1.29 is 27.5 Å². The fourth-order valence-corrected chi connectivity index (χ4v) is 4.04. The number of halogens is 4. The Hall–Kier alpha value is -2.65. The van der Waals surface area contributed by atoms with E-state index in [1.807, 2.05) is 0 Å². The van der Waals surface area contributed by atoms with Gasteiger partial charge in [0.2, 0.25) is 0 Å². The van der Waals surface area contributed by atoms with Crippen LogP contribution in [-0.2, 0) is 0 Å². The molecule has 2 aromatic carbocycles. The number of benzene rings is 2. The molecule has 0 radical (unpaired) electrons. The van der Waals surface area contributed by atoms with Crippen LogP contribution in [0, 0.1) is 23.3 Å². The average molecular weight is 423 g/mol. The standard InChI is InChI=1S/C21H21F4N3O2/c22-12-4-7-16(15(24)9-12)27-19-13(5-6-14(23)18(19)25)20(29)28-10-21(30,11-28)17-3-1-2-8-26-17/h4-7,9,17,26-27,30H,1-3,8,10-11H2/t17-/m0/s1. The van der Waals surface area contributed by atoms with Gasteiger partial charge in [0.05, 0.1) is 30.0 Å². The largest absolute Gasteiger partial charge is 0.385 e. The molecule has 5 nitrogen and oxygen atoms in total. The molecule has 0 saturated carbocycles. The lowest BCUT2D eigenvalue weighted by atomic mass is 9.81. The first-order valence-corrected chi connectivity index (χ1v) is 9.73. The Bertz CT molecular complexity index is 973. The van der Waals surface area contributed by atoms with Crippen LogP contribution >= 0.6 is 0 Å². The maximum absolute atomic E-state index is 14.5. The number of β-amino-alcohol motifs (C(OH)–C–C–N with tert-alkyl or cyclic N) is 1. The smallest absolute Gasteiger partial charge is 0.256 e. The Morgan fingerprint density at radius 3 is 2.53 bits per heavy atom. The second kappa shape index (κ2) is 7.88. The monoisotopic (exact) mass is 423 g/mol. The van der Waals surface area contributed by atoms with Gasteiger partial charge < -0.3 is 20.6 Å². The molecule has 2 saturated heterocycles. The third-order valence-corrected chi connectivity index (χ3v) is 5.69. The highest BCUT2D eigenvalue weighted by Crippen LogP contribution is 2.34. The maximum atomic E-state index is 14.5. The Balaban J connectivity index is 1.57. The molecule has 9 heteroatoms. The second-order valence-electron chi connectivity index (χ2n) is 7.80. The Kier molecular flexibility index (Phi) is 5.42. The van der Waals surface area contributed by atoms with Crippen molar-refractivity contribution >= 4 is 17.3 Å². The van der Waals surface area contributed by atoms with E-state index in [0.29, 0.717) is 6.07 Å². The normalized spacial score (nSPS) is 20.6. The van der Waals surface area contributed by atoms with Crippen molar-refractivity contribution in [1.82, 2.24) is 10.2 Å². The SMILES string of the molecule is O=C(c1ccc(F)c(F)c1Nc1ccc(F)cc1F)N1CC(O)([C@@H]2CCCCN2)C1. The highest BCUT2D eigenvalue weighted by Gasteiger charge is 2.49. The van der Waals surface area contributed by atoms with Crippen molar-refractivity contribution in [2.24, 2.45) is 0 Å². The number of hydrogen-bond donors (Lipinski definition) is 3. The zero-order valence-corrected chi connectivity index (χ0v) is 16.0. The predicted molar refractivity (Wildman–Crippen MR) is 102 cm³/mol. The molecule has 2 aliphatic rings. The Labute approximate surface area is 170 Å². The van der Waals surface area contributed by atoms with Crippen LogP contribution in [-0.4, -0.2) is 47.2 Å². The van der Waals surface area contributed by atoms with Crippen molar-refractivity contribution in [3.8, 4) is 0 Å². The molecule has 1 amide bonds. The van der Waals surface area contributed by atoms with Gasteiger partial charge in [0.15, 0.2) is 11.6 Å². The summed E-state index contributed by atoms with van der Waals surface area (Å²) in [6, 6.07) is 4.35. The molecule has 4 rings (SSSR count). The van der Waals surface area contributed by atoms with Crippen molar-refractivity contribution in [1.29, 1.82) is 0 Å². The molecule has 2 aromatic rings. The van der Waals surface area contributed by atoms with Crippen LogP contribution in [0.4, 0.5) is 28.9 Å². The van der Waals surface area contributed by atoms with E-state index in [-0.39, 0.29) is 30.4 Å². The zero-order chi connectivity index (χ0) is 21.5. The van der Waals surface area contributed by atoms with Gasteiger partial charge in [-0.1, -0.05) is 6.42 Å². The molecule has 1 atom stereocenters. The maximum Gasteiger partial charge on any atom is 0.256 e. The van der Waals surface area contributed by atoms with Gasteiger partial charge in [-0.3, -0.25) is 4.79 Å². The van der Waals surface area contributed by atoms with Crippen LogP contribution in [0.3, 0.4) is 0 Å². The summed E-state index contributed by atoms with van der Waals surface area (Å²) >= 11 is 0. The van der Waals surface area contributed by atoms with Crippen molar-refractivity contribution in [2.75, 3.05) is 25.0 Å². The molecule has 0 aliphatic carbocycles. The number of rotatable bonds is 4. The van der Waals surface area contributed by atoms with E-state index in [1.165, 1.54) is 4.90 Å². The topological polar surface area (TPSA) is 64.6 Å². The van der Waals surface area contributed by atoms with Crippen LogP contribution in [0.2, 0.25) is 0 Å². The summed E-state index contributed by atoms with van der Waals surface area (Å²) in [5, 5.41) is 16.4. The fraction of sp³-hybridized carbons (Fsp3) is 0.381. The molecule has 2 fully saturated rings. The quantitative estimate of drug-likeness (QED) is 0.661. The fourth-order valence-electron chi connectivity index (χ4n) is 4.04. The minimum atomic E-state index is -1.35. The number of hydrogen-bond acceptors (Lipinski definition) is 4. The minimum Gasteiger partial charge on any atom is -0.385 e. The molecule has 3 N–H and O–H groups in total. The first-order valence-electron chi connectivity index (χ1n) is 9.73. The van der Waals surface area contributed by atoms with E-state index in [9.17, 15) is 27.5 Å². The Morgan fingerprint density at radius 2 is 1.87 bits per heavy atom. The third kappa shape index (κ3) is 3.75. The van der Waals surface area contributed by atoms with Crippen LogP contribution in [0.15, 0.2) is 30.3 Å². The van der Waals surface area contributed by atoms with Gasteiger partial charge in [-0.25, -0.2) is 17.6 Å². The van der Waals surface area contributed by atoms with E-state index in [4.69, 9.17) is 0 Å². The summed E-state index contributed by atoms with van der Waals surface area (Å²) in [6.45, 7) is 0.890. The molecule has 0 aromatic heterocycles. The van der Waals surface area contributed by atoms with Gasteiger partial charge in [0, 0.05) is 12.1 Å². The van der Waals surface area contributed by atoms with Gasteiger partial charge in [0.1, 0.15) is 17.2 Å². The zero-order valence-electron chi connectivity index (χ0n) is 16.0. The number of aliphatic hydroxyl groups is 1. The highest BCUT2D eigenvalue weighted by molar-refractivity contribution is 6.01.